The molecule has 0 aromatic heterocycles. The van der Waals surface area contributed by atoms with Gasteiger partial charge in [-0.15, -0.1) is 0 Å². The van der Waals surface area contributed by atoms with E-state index in [2.05, 4.69) is 5.32 Å². The molecule has 0 radical (unpaired) electrons. The fraction of sp³-hybridized carbons (Fsp3) is 0.292. The SMILES string of the molecule is CC(=O)N/C(=C\c1ccccc1)C(=O)O[C@H](C(=O)N1CCCCC1)c1ccccc1. The standard InChI is InChI=1S/C24H26N2O4/c1-18(27)25-21(17-19-11-5-2-6-12-19)24(29)30-22(20-13-7-3-8-14-20)23(28)26-15-9-4-10-16-26/h2-3,5-8,11-14,17,22H,4,9-10,15-16H2,1H3,(H,25,27)/b21-17-/t22-/m0/s1. The predicted octanol–water partition coefficient (Wildman–Crippen LogP) is 3.46. The summed E-state index contributed by atoms with van der Waals surface area (Å²) in [5, 5.41) is 2.53. The molecular formula is C24H26N2O4. The second-order valence-corrected chi connectivity index (χ2v) is 7.23. The number of nitrogens with one attached hydrogen (secondary N) is 1. The maximum absolute atomic E-state index is 13.2. The molecule has 0 aliphatic carbocycles. The van der Waals surface area contributed by atoms with Gasteiger partial charge >= 0.3 is 5.97 Å². The lowest BCUT2D eigenvalue weighted by molar-refractivity contribution is -0.158. The molecule has 1 atom stereocenters. The Balaban J connectivity index is 1.87. The number of rotatable bonds is 6. The van der Waals surface area contributed by atoms with Crippen molar-refractivity contribution in [2.75, 3.05) is 13.1 Å². The first-order valence-electron chi connectivity index (χ1n) is 10.1. The van der Waals surface area contributed by atoms with E-state index in [4.69, 9.17) is 4.74 Å². The number of nitrogens with zero attached hydrogens (tertiary/aromatic N) is 1. The highest BCUT2D eigenvalue weighted by atomic mass is 16.5. The van der Waals surface area contributed by atoms with Gasteiger partial charge in [-0.1, -0.05) is 60.7 Å². The minimum atomic E-state index is -1.07. The van der Waals surface area contributed by atoms with Crippen molar-refractivity contribution in [2.24, 2.45) is 0 Å². The maximum atomic E-state index is 13.2. The highest BCUT2D eigenvalue weighted by Crippen LogP contribution is 2.24. The quantitative estimate of drug-likeness (QED) is 0.589. The third kappa shape index (κ3) is 5.80. The smallest absolute Gasteiger partial charge is 0.355 e. The van der Waals surface area contributed by atoms with Crippen LogP contribution in [0.1, 0.15) is 43.4 Å². The van der Waals surface area contributed by atoms with E-state index < -0.39 is 18.0 Å². The van der Waals surface area contributed by atoms with Crippen molar-refractivity contribution in [3.05, 3.63) is 77.5 Å². The van der Waals surface area contributed by atoms with E-state index in [1.165, 1.54) is 13.0 Å². The van der Waals surface area contributed by atoms with E-state index in [1.807, 2.05) is 36.4 Å². The topological polar surface area (TPSA) is 75.7 Å². The Morgan fingerprint density at radius 2 is 1.53 bits per heavy atom. The summed E-state index contributed by atoms with van der Waals surface area (Å²) in [6.45, 7) is 2.62. The van der Waals surface area contributed by atoms with Crippen molar-refractivity contribution in [1.82, 2.24) is 10.2 Å². The zero-order valence-corrected chi connectivity index (χ0v) is 17.0. The lowest BCUT2D eigenvalue weighted by atomic mass is 10.1. The third-order valence-electron chi connectivity index (χ3n) is 4.86. The molecule has 1 fully saturated rings. The average molecular weight is 406 g/mol. The van der Waals surface area contributed by atoms with Crippen LogP contribution in [-0.2, 0) is 19.1 Å². The van der Waals surface area contributed by atoms with Gasteiger partial charge in [0.15, 0.2) is 0 Å². The first-order chi connectivity index (χ1) is 14.5. The summed E-state index contributed by atoms with van der Waals surface area (Å²) in [5.74, 6) is -1.39. The van der Waals surface area contributed by atoms with Crippen LogP contribution in [0.5, 0.6) is 0 Å². The molecule has 0 unspecified atom stereocenters. The van der Waals surface area contributed by atoms with Crippen LogP contribution in [0.3, 0.4) is 0 Å². The molecule has 0 spiro atoms. The van der Waals surface area contributed by atoms with E-state index in [0.717, 1.165) is 24.8 Å². The molecule has 3 rings (SSSR count). The molecule has 1 heterocycles. The van der Waals surface area contributed by atoms with Gasteiger partial charge in [0.25, 0.3) is 5.91 Å². The lowest BCUT2D eigenvalue weighted by Crippen LogP contribution is -2.40. The molecule has 1 aliphatic rings. The van der Waals surface area contributed by atoms with Crippen molar-refractivity contribution >= 4 is 23.9 Å². The molecular weight excluding hydrogens is 380 g/mol. The first kappa shape index (κ1) is 21.3. The minimum Gasteiger partial charge on any atom is -0.443 e. The fourth-order valence-electron chi connectivity index (χ4n) is 3.39. The molecule has 30 heavy (non-hydrogen) atoms. The second-order valence-electron chi connectivity index (χ2n) is 7.23. The zero-order chi connectivity index (χ0) is 21.3. The molecule has 6 heteroatoms. The van der Waals surface area contributed by atoms with Gasteiger partial charge in [0.05, 0.1) is 0 Å². The van der Waals surface area contributed by atoms with Crippen molar-refractivity contribution < 1.29 is 19.1 Å². The summed E-state index contributed by atoms with van der Waals surface area (Å²) >= 11 is 0. The molecule has 1 aliphatic heterocycles. The van der Waals surface area contributed by atoms with Gasteiger partial charge in [0, 0.05) is 25.6 Å². The molecule has 2 amide bonds. The number of benzene rings is 2. The van der Waals surface area contributed by atoms with E-state index in [9.17, 15) is 14.4 Å². The van der Waals surface area contributed by atoms with Gasteiger partial charge in [-0.25, -0.2) is 4.79 Å². The van der Waals surface area contributed by atoms with Gasteiger partial charge in [-0.3, -0.25) is 9.59 Å². The number of carbonyl (C=O) groups excluding carboxylic acids is 3. The number of hydrogen-bond donors (Lipinski definition) is 1. The largest absolute Gasteiger partial charge is 0.443 e. The van der Waals surface area contributed by atoms with Crippen LogP contribution in [0.4, 0.5) is 0 Å². The van der Waals surface area contributed by atoms with Crippen molar-refractivity contribution in [1.29, 1.82) is 0 Å². The van der Waals surface area contributed by atoms with Crippen molar-refractivity contribution in [2.45, 2.75) is 32.3 Å². The number of hydrogen-bond acceptors (Lipinski definition) is 4. The number of amides is 2. The fourth-order valence-corrected chi connectivity index (χ4v) is 3.39. The van der Waals surface area contributed by atoms with Gasteiger partial charge in [-0.2, -0.15) is 0 Å². The van der Waals surface area contributed by atoms with Crippen LogP contribution in [0.2, 0.25) is 0 Å². The molecule has 1 N–H and O–H groups in total. The number of carbonyl (C=O) groups is 3. The summed E-state index contributed by atoms with van der Waals surface area (Å²) in [5.41, 5.74) is 1.32. The average Bonchev–Trinajstić information content (AvgIpc) is 2.78. The first-order valence-corrected chi connectivity index (χ1v) is 10.1. The van der Waals surface area contributed by atoms with Crippen LogP contribution in [0, 0.1) is 0 Å². The molecule has 6 nitrogen and oxygen atoms in total. The maximum Gasteiger partial charge on any atom is 0.355 e. The summed E-state index contributed by atoms with van der Waals surface area (Å²) in [6, 6.07) is 18.1. The summed E-state index contributed by atoms with van der Waals surface area (Å²) in [4.78, 5) is 39.6. The lowest BCUT2D eigenvalue weighted by Gasteiger charge is -2.30. The van der Waals surface area contributed by atoms with Crippen molar-refractivity contribution in [3.8, 4) is 0 Å². The van der Waals surface area contributed by atoms with Gasteiger partial charge in [0.2, 0.25) is 12.0 Å². The summed E-state index contributed by atoms with van der Waals surface area (Å²) in [7, 11) is 0. The number of piperidine rings is 1. The van der Waals surface area contributed by atoms with Gasteiger partial charge in [0.1, 0.15) is 5.70 Å². The highest BCUT2D eigenvalue weighted by molar-refractivity contribution is 5.99. The minimum absolute atomic E-state index is 0.0129. The monoisotopic (exact) mass is 406 g/mol. The van der Waals surface area contributed by atoms with Crippen LogP contribution in [0.25, 0.3) is 6.08 Å². The Kier molecular flexibility index (Phi) is 7.38. The summed E-state index contributed by atoms with van der Waals surface area (Å²) < 4.78 is 5.67. The van der Waals surface area contributed by atoms with Crippen LogP contribution >= 0.6 is 0 Å². The predicted molar refractivity (Wildman–Crippen MR) is 114 cm³/mol. The second kappa shape index (κ2) is 10.4. The van der Waals surface area contributed by atoms with E-state index >= 15 is 0 Å². The van der Waals surface area contributed by atoms with Crippen LogP contribution < -0.4 is 5.32 Å². The Bertz CT molecular complexity index is 903. The van der Waals surface area contributed by atoms with Gasteiger partial charge < -0.3 is 15.0 Å². The van der Waals surface area contributed by atoms with Crippen molar-refractivity contribution in [3.63, 3.8) is 0 Å². The van der Waals surface area contributed by atoms with E-state index in [-0.39, 0.29) is 11.6 Å². The Labute approximate surface area is 176 Å². The molecule has 2 aromatic carbocycles. The van der Waals surface area contributed by atoms with E-state index in [0.29, 0.717) is 18.7 Å². The normalized spacial score (nSPS) is 15.2. The molecule has 156 valence electrons. The number of esters is 1. The third-order valence-corrected chi connectivity index (χ3v) is 4.86. The zero-order valence-electron chi connectivity index (χ0n) is 17.0. The summed E-state index contributed by atoms with van der Waals surface area (Å²) in [6.07, 6.45) is 3.44. The highest BCUT2D eigenvalue weighted by Gasteiger charge is 2.31. The Hall–Kier alpha value is -3.41. The van der Waals surface area contributed by atoms with Crippen LogP contribution in [-0.4, -0.2) is 35.8 Å². The number of ether oxygens (including phenoxy) is 1. The molecule has 0 bridgehead atoms. The Morgan fingerprint density at radius 3 is 2.13 bits per heavy atom. The molecule has 0 saturated carbocycles. The Morgan fingerprint density at radius 1 is 0.933 bits per heavy atom. The van der Waals surface area contributed by atoms with Crippen LogP contribution in [0.15, 0.2) is 66.4 Å². The van der Waals surface area contributed by atoms with Gasteiger partial charge in [-0.05, 0) is 30.9 Å². The number of likely N-dealkylation sites (tertiary alicyclic amines) is 1. The molecule has 2 aromatic rings. The van der Waals surface area contributed by atoms with E-state index in [1.54, 1.807) is 29.2 Å². The molecule has 1 saturated heterocycles.